The second kappa shape index (κ2) is 8.15. The topological polar surface area (TPSA) is 90.3 Å². The van der Waals surface area contributed by atoms with Gasteiger partial charge in [-0.1, -0.05) is 18.2 Å². The maximum Gasteiger partial charge on any atom is 0.253 e. The van der Waals surface area contributed by atoms with E-state index in [0.29, 0.717) is 5.69 Å². The van der Waals surface area contributed by atoms with E-state index in [1.54, 1.807) is 37.4 Å². The zero-order valence-electron chi connectivity index (χ0n) is 14.7. The molecule has 140 valence electrons. The molecule has 0 saturated heterocycles. The van der Waals surface area contributed by atoms with Crippen LogP contribution < -0.4 is 15.0 Å². The summed E-state index contributed by atoms with van der Waals surface area (Å²) in [6.07, 6.45) is 1.42. The average Bonchev–Trinajstić information content (AvgIpc) is 2.70. The lowest BCUT2D eigenvalue weighted by molar-refractivity contribution is 0.415. The lowest BCUT2D eigenvalue weighted by Gasteiger charge is -2.09. The molecule has 1 N–H and O–H groups in total. The van der Waals surface area contributed by atoms with E-state index in [1.165, 1.54) is 29.1 Å². The highest BCUT2D eigenvalue weighted by molar-refractivity contribution is 7.89. The van der Waals surface area contributed by atoms with E-state index in [2.05, 4.69) is 9.71 Å². The molecule has 0 unspecified atom stereocenters. The number of aromatic nitrogens is 2. The first-order valence-electron chi connectivity index (χ1n) is 8.25. The highest BCUT2D eigenvalue weighted by Crippen LogP contribution is 2.19. The van der Waals surface area contributed by atoms with Crippen LogP contribution in [0.15, 0.2) is 76.7 Å². The molecule has 0 aliphatic carbocycles. The van der Waals surface area contributed by atoms with Gasteiger partial charge in [-0.3, -0.25) is 9.36 Å². The maximum absolute atomic E-state index is 12.3. The number of sulfonamides is 1. The fourth-order valence-electron chi connectivity index (χ4n) is 2.50. The molecule has 0 aliphatic rings. The van der Waals surface area contributed by atoms with Gasteiger partial charge in [-0.25, -0.2) is 18.1 Å². The molecule has 0 saturated carbocycles. The molecule has 1 aromatic heterocycles. The lowest BCUT2D eigenvalue weighted by Crippen LogP contribution is -2.30. The van der Waals surface area contributed by atoms with E-state index in [-0.39, 0.29) is 23.5 Å². The third kappa shape index (κ3) is 4.60. The van der Waals surface area contributed by atoms with Gasteiger partial charge >= 0.3 is 0 Å². The molecule has 0 fully saturated rings. The summed E-state index contributed by atoms with van der Waals surface area (Å²) in [5.41, 5.74) is 1.09. The van der Waals surface area contributed by atoms with E-state index in [9.17, 15) is 13.2 Å². The fourth-order valence-corrected chi connectivity index (χ4v) is 3.54. The van der Waals surface area contributed by atoms with E-state index in [4.69, 9.17) is 4.74 Å². The van der Waals surface area contributed by atoms with Gasteiger partial charge in [0.05, 0.1) is 24.0 Å². The molecule has 1 heterocycles. The van der Waals surface area contributed by atoms with Crippen molar-refractivity contribution < 1.29 is 13.2 Å². The Hall–Kier alpha value is -2.97. The van der Waals surface area contributed by atoms with Crippen LogP contribution in [0.2, 0.25) is 0 Å². The molecule has 8 heteroatoms. The summed E-state index contributed by atoms with van der Waals surface area (Å²) in [5, 5.41) is 0. The van der Waals surface area contributed by atoms with Crippen LogP contribution >= 0.6 is 0 Å². The van der Waals surface area contributed by atoms with Crippen molar-refractivity contribution in [3.63, 3.8) is 0 Å². The standard InChI is InChI=1S/C19H19N3O4S/c1-26-16-9-7-15(8-10-16)18-13-19(23)22(14-20-18)12-11-21-27(24,25)17-5-3-2-4-6-17/h2-10,13-14,21H,11-12H2,1H3. The molecule has 0 aliphatic heterocycles. The predicted molar refractivity (Wildman–Crippen MR) is 102 cm³/mol. The van der Waals surface area contributed by atoms with Crippen molar-refractivity contribution in [3.05, 3.63) is 77.3 Å². The first kappa shape index (κ1) is 18.8. The van der Waals surface area contributed by atoms with Crippen LogP contribution in [-0.2, 0) is 16.6 Å². The number of hydrogen-bond donors (Lipinski definition) is 1. The molecule has 3 rings (SSSR count). The zero-order chi connectivity index (χ0) is 19.3. The molecule has 0 spiro atoms. The van der Waals surface area contributed by atoms with Gasteiger partial charge in [-0.2, -0.15) is 0 Å². The molecule has 7 nitrogen and oxygen atoms in total. The Bertz CT molecular complexity index is 1060. The van der Waals surface area contributed by atoms with Crippen molar-refractivity contribution >= 4 is 10.0 Å². The smallest absolute Gasteiger partial charge is 0.253 e. The molecular weight excluding hydrogens is 366 g/mol. The summed E-state index contributed by atoms with van der Waals surface area (Å²) in [6.45, 7) is 0.265. The molecule has 2 aromatic carbocycles. The number of rotatable bonds is 7. The Labute approximate surface area is 157 Å². The van der Waals surface area contributed by atoms with Gasteiger partial charge in [0.25, 0.3) is 5.56 Å². The Kier molecular flexibility index (Phi) is 5.68. The van der Waals surface area contributed by atoms with Gasteiger partial charge in [0.1, 0.15) is 5.75 Å². The van der Waals surface area contributed by atoms with Crippen LogP contribution in [0.5, 0.6) is 5.75 Å². The summed E-state index contributed by atoms with van der Waals surface area (Å²) in [7, 11) is -2.01. The van der Waals surface area contributed by atoms with Gasteiger partial charge in [0.2, 0.25) is 10.0 Å². The second-order valence-corrected chi connectivity index (χ2v) is 7.51. The summed E-state index contributed by atoms with van der Waals surface area (Å²) >= 11 is 0. The summed E-state index contributed by atoms with van der Waals surface area (Å²) in [4.78, 5) is 16.8. The molecule has 0 amide bonds. The monoisotopic (exact) mass is 385 g/mol. The van der Waals surface area contributed by atoms with Gasteiger partial charge in [-0.15, -0.1) is 0 Å². The average molecular weight is 385 g/mol. The van der Waals surface area contributed by atoms with E-state index < -0.39 is 10.0 Å². The van der Waals surface area contributed by atoms with Crippen LogP contribution in [0.1, 0.15) is 0 Å². The van der Waals surface area contributed by atoms with Crippen LogP contribution in [0.25, 0.3) is 11.3 Å². The second-order valence-electron chi connectivity index (χ2n) is 5.75. The number of hydrogen-bond acceptors (Lipinski definition) is 5. The molecular formula is C19H19N3O4S. The lowest BCUT2D eigenvalue weighted by atomic mass is 10.1. The number of ether oxygens (including phenoxy) is 1. The van der Waals surface area contributed by atoms with Gasteiger partial charge in [0, 0.05) is 24.7 Å². The fraction of sp³-hybridized carbons (Fsp3) is 0.158. The Morgan fingerprint density at radius 1 is 1.07 bits per heavy atom. The Balaban J connectivity index is 1.67. The van der Waals surface area contributed by atoms with Crippen molar-refractivity contribution in [1.82, 2.24) is 14.3 Å². The van der Waals surface area contributed by atoms with Crippen LogP contribution in [0.4, 0.5) is 0 Å². The van der Waals surface area contributed by atoms with Crippen LogP contribution in [0.3, 0.4) is 0 Å². The van der Waals surface area contributed by atoms with Gasteiger partial charge in [-0.05, 0) is 36.4 Å². The zero-order valence-corrected chi connectivity index (χ0v) is 15.5. The molecule has 0 bridgehead atoms. The minimum atomic E-state index is -3.60. The van der Waals surface area contributed by atoms with E-state index in [1.807, 2.05) is 12.1 Å². The number of methoxy groups -OCH3 is 1. The quantitative estimate of drug-likeness (QED) is 0.671. The Morgan fingerprint density at radius 2 is 1.78 bits per heavy atom. The Morgan fingerprint density at radius 3 is 2.41 bits per heavy atom. The highest BCUT2D eigenvalue weighted by Gasteiger charge is 2.12. The summed E-state index contributed by atoms with van der Waals surface area (Å²) in [6, 6.07) is 16.7. The van der Waals surface area contributed by atoms with E-state index >= 15 is 0 Å². The van der Waals surface area contributed by atoms with Crippen molar-refractivity contribution in [2.24, 2.45) is 0 Å². The van der Waals surface area contributed by atoms with Crippen molar-refractivity contribution in [1.29, 1.82) is 0 Å². The summed E-state index contributed by atoms with van der Waals surface area (Å²) in [5.74, 6) is 0.720. The predicted octanol–water partition coefficient (Wildman–Crippen LogP) is 1.90. The number of benzene rings is 2. The molecule has 0 atom stereocenters. The first-order chi connectivity index (χ1) is 13.0. The van der Waals surface area contributed by atoms with Crippen molar-refractivity contribution in [3.8, 4) is 17.0 Å². The first-order valence-corrected chi connectivity index (χ1v) is 9.73. The molecule has 27 heavy (non-hydrogen) atoms. The third-order valence-corrected chi connectivity index (χ3v) is 5.44. The molecule has 3 aromatic rings. The normalized spacial score (nSPS) is 11.3. The minimum Gasteiger partial charge on any atom is -0.497 e. The van der Waals surface area contributed by atoms with Gasteiger partial charge in [0.15, 0.2) is 0 Å². The SMILES string of the molecule is COc1ccc(-c2cc(=O)n(CCNS(=O)(=O)c3ccccc3)cn2)cc1. The minimum absolute atomic E-state index is 0.0840. The third-order valence-electron chi connectivity index (χ3n) is 3.96. The van der Waals surface area contributed by atoms with Crippen LogP contribution in [-0.4, -0.2) is 31.6 Å². The molecule has 0 radical (unpaired) electrons. The van der Waals surface area contributed by atoms with Gasteiger partial charge < -0.3 is 4.74 Å². The largest absolute Gasteiger partial charge is 0.497 e. The highest BCUT2D eigenvalue weighted by atomic mass is 32.2. The van der Waals surface area contributed by atoms with Crippen LogP contribution in [0, 0.1) is 0 Å². The summed E-state index contributed by atoms with van der Waals surface area (Å²) < 4.78 is 33.3. The maximum atomic E-state index is 12.3. The number of nitrogens with one attached hydrogen (secondary N) is 1. The van der Waals surface area contributed by atoms with Crippen molar-refractivity contribution in [2.45, 2.75) is 11.4 Å². The number of nitrogens with zero attached hydrogens (tertiary/aromatic N) is 2. The van der Waals surface area contributed by atoms with Crippen molar-refractivity contribution in [2.75, 3.05) is 13.7 Å². The van der Waals surface area contributed by atoms with E-state index in [0.717, 1.165) is 11.3 Å².